The molecule has 0 unspecified atom stereocenters. The van der Waals surface area contributed by atoms with Gasteiger partial charge in [0, 0.05) is 10.0 Å². The minimum atomic E-state index is -4.48. The first-order valence-corrected chi connectivity index (χ1v) is 6.10. The molecule has 0 aliphatic heterocycles. The van der Waals surface area contributed by atoms with Gasteiger partial charge in [-0.25, -0.2) is 0 Å². The molecular formula is C12H10BrF3O3. The first-order chi connectivity index (χ1) is 8.75. The zero-order valence-electron chi connectivity index (χ0n) is 9.88. The molecule has 0 heterocycles. The lowest BCUT2D eigenvalue weighted by molar-refractivity contribution is -0.142. The smallest absolute Gasteiger partial charge is 0.416 e. The van der Waals surface area contributed by atoms with Gasteiger partial charge in [0.15, 0.2) is 5.78 Å². The highest BCUT2D eigenvalue weighted by Crippen LogP contribution is 2.32. The molecular weight excluding hydrogens is 329 g/mol. The number of halogens is 4. The molecule has 0 aliphatic carbocycles. The van der Waals surface area contributed by atoms with Crippen LogP contribution < -0.4 is 0 Å². The molecule has 0 N–H and O–H groups in total. The van der Waals surface area contributed by atoms with Crippen molar-refractivity contribution in [3.63, 3.8) is 0 Å². The highest BCUT2D eigenvalue weighted by atomic mass is 79.9. The van der Waals surface area contributed by atoms with Crippen LogP contribution in [0.1, 0.15) is 29.3 Å². The molecule has 0 amide bonds. The summed E-state index contributed by atoms with van der Waals surface area (Å²) < 4.78 is 41.9. The van der Waals surface area contributed by atoms with Crippen molar-refractivity contribution >= 4 is 27.7 Å². The SMILES string of the molecule is CCOC(=O)CC(=O)c1ccc(C(F)(F)F)cc1Br. The lowest BCUT2D eigenvalue weighted by atomic mass is 10.1. The number of Topliss-reactive ketones (excluding diaryl/α,β-unsaturated/α-hetero) is 1. The minimum absolute atomic E-state index is 0.00313. The van der Waals surface area contributed by atoms with Crippen molar-refractivity contribution in [3.05, 3.63) is 33.8 Å². The molecule has 0 bridgehead atoms. The molecule has 1 aromatic carbocycles. The van der Waals surface area contributed by atoms with Crippen LogP contribution in [0.4, 0.5) is 13.2 Å². The number of esters is 1. The molecule has 0 aliphatic rings. The summed E-state index contributed by atoms with van der Waals surface area (Å²) >= 11 is 2.90. The minimum Gasteiger partial charge on any atom is -0.466 e. The lowest BCUT2D eigenvalue weighted by Crippen LogP contribution is -2.12. The predicted molar refractivity (Wildman–Crippen MR) is 64.7 cm³/mol. The van der Waals surface area contributed by atoms with Crippen LogP contribution >= 0.6 is 15.9 Å². The Hall–Kier alpha value is -1.37. The third-order valence-corrected chi connectivity index (χ3v) is 2.86. The summed E-state index contributed by atoms with van der Waals surface area (Å²) in [5.74, 6) is -1.31. The third kappa shape index (κ3) is 4.34. The van der Waals surface area contributed by atoms with Gasteiger partial charge in [-0.2, -0.15) is 13.2 Å². The van der Waals surface area contributed by atoms with Gasteiger partial charge in [-0.15, -0.1) is 0 Å². The molecule has 19 heavy (non-hydrogen) atoms. The average molecular weight is 339 g/mol. The van der Waals surface area contributed by atoms with Crippen molar-refractivity contribution in [2.24, 2.45) is 0 Å². The van der Waals surface area contributed by atoms with Crippen LogP contribution in [0.25, 0.3) is 0 Å². The maximum atomic E-state index is 12.4. The van der Waals surface area contributed by atoms with Gasteiger partial charge in [0.2, 0.25) is 0 Å². The van der Waals surface area contributed by atoms with E-state index in [0.29, 0.717) is 0 Å². The number of rotatable bonds is 4. The molecule has 1 aromatic rings. The number of carbonyl (C=O) groups is 2. The van der Waals surface area contributed by atoms with E-state index >= 15 is 0 Å². The number of hydrogen-bond acceptors (Lipinski definition) is 3. The zero-order valence-corrected chi connectivity index (χ0v) is 11.5. The fourth-order valence-corrected chi connectivity index (χ4v) is 1.96. The van der Waals surface area contributed by atoms with Crippen molar-refractivity contribution in [2.45, 2.75) is 19.5 Å². The number of alkyl halides is 3. The Morgan fingerprint density at radius 3 is 2.42 bits per heavy atom. The van der Waals surface area contributed by atoms with Gasteiger partial charge in [0.05, 0.1) is 12.2 Å². The van der Waals surface area contributed by atoms with E-state index in [1.165, 1.54) is 0 Å². The third-order valence-electron chi connectivity index (χ3n) is 2.21. The van der Waals surface area contributed by atoms with Crippen LogP contribution in [0, 0.1) is 0 Å². The van der Waals surface area contributed by atoms with E-state index in [1.807, 2.05) is 0 Å². The van der Waals surface area contributed by atoms with Gasteiger partial charge in [-0.05, 0) is 25.1 Å². The Balaban J connectivity index is 2.91. The fourth-order valence-electron chi connectivity index (χ4n) is 1.36. The molecule has 104 valence electrons. The second-order valence-corrected chi connectivity index (χ2v) is 4.45. The molecule has 0 aromatic heterocycles. The Kier molecular flexibility index (Phi) is 5.11. The molecule has 0 spiro atoms. The summed E-state index contributed by atoms with van der Waals surface area (Å²) in [6.45, 7) is 1.73. The first kappa shape index (κ1) is 15.7. The Morgan fingerprint density at radius 2 is 1.95 bits per heavy atom. The van der Waals surface area contributed by atoms with E-state index < -0.39 is 29.9 Å². The van der Waals surface area contributed by atoms with E-state index in [9.17, 15) is 22.8 Å². The Morgan fingerprint density at radius 1 is 1.32 bits per heavy atom. The second kappa shape index (κ2) is 6.18. The summed E-state index contributed by atoms with van der Waals surface area (Å²) in [5.41, 5.74) is -0.854. The number of carbonyl (C=O) groups excluding carboxylic acids is 2. The normalized spacial score (nSPS) is 11.2. The molecule has 0 atom stereocenters. The van der Waals surface area contributed by atoms with E-state index in [4.69, 9.17) is 0 Å². The fraction of sp³-hybridized carbons (Fsp3) is 0.333. The molecule has 0 fully saturated rings. The van der Waals surface area contributed by atoms with Crippen LogP contribution in [0.5, 0.6) is 0 Å². The number of benzene rings is 1. The lowest BCUT2D eigenvalue weighted by Gasteiger charge is -2.09. The largest absolute Gasteiger partial charge is 0.466 e. The number of ketones is 1. The molecule has 3 nitrogen and oxygen atoms in total. The van der Waals surface area contributed by atoms with Crippen molar-refractivity contribution < 1.29 is 27.5 Å². The van der Waals surface area contributed by atoms with Crippen LogP contribution in [-0.4, -0.2) is 18.4 Å². The van der Waals surface area contributed by atoms with Crippen molar-refractivity contribution in [2.75, 3.05) is 6.61 Å². The van der Waals surface area contributed by atoms with E-state index in [-0.39, 0.29) is 16.6 Å². The van der Waals surface area contributed by atoms with Gasteiger partial charge >= 0.3 is 12.1 Å². The van der Waals surface area contributed by atoms with E-state index in [0.717, 1.165) is 18.2 Å². The highest BCUT2D eigenvalue weighted by molar-refractivity contribution is 9.10. The quantitative estimate of drug-likeness (QED) is 0.478. The molecule has 1 rings (SSSR count). The summed E-state index contributed by atoms with van der Waals surface area (Å²) in [5, 5.41) is 0. The summed E-state index contributed by atoms with van der Waals surface area (Å²) in [4.78, 5) is 22.8. The molecule has 0 saturated carbocycles. The summed E-state index contributed by atoms with van der Waals surface area (Å²) in [6, 6.07) is 2.63. The summed E-state index contributed by atoms with van der Waals surface area (Å²) in [7, 11) is 0. The molecule has 7 heteroatoms. The van der Waals surface area contributed by atoms with Gasteiger partial charge in [0.25, 0.3) is 0 Å². The second-order valence-electron chi connectivity index (χ2n) is 3.60. The van der Waals surface area contributed by atoms with Crippen molar-refractivity contribution in [1.82, 2.24) is 0 Å². The van der Waals surface area contributed by atoms with E-state index in [2.05, 4.69) is 20.7 Å². The van der Waals surface area contributed by atoms with Crippen LogP contribution in [0.3, 0.4) is 0 Å². The van der Waals surface area contributed by atoms with Crippen molar-refractivity contribution in [3.8, 4) is 0 Å². The number of ether oxygens (including phenoxy) is 1. The first-order valence-electron chi connectivity index (χ1n) is 5.31. The van der Waals surface area contributed by atoms with Crippen LogP contribution in [-0.2, 0) is 15.7 Å². The Labute approximate surface area is 115 Å². The van der Waals surface area contributed by atoms with Gasteiger partial charge in [0.1, 0.15) is 6.42 Å². The van der Waals surface area contributed by atoms with Crippen LogP contribution in [0.15, 0.2) is 22.7 Å². The van der Waals surface area contributed by atoms with Gasteiger partial charge in [-0.3, -0.25) is 9.59 Å². The monoisotopic (exact) mass is 338 g/mol. The van der Waals surface area contributed by atoms with Crippen molar-refractivity contribution in [1.29, 1.82) is 0 Å². The molecule has 0 saturated heterocycles. The van der Waals surface area contributed by atoms with Crippen LogP contribution in [0.2, 0.25) is 0 Å². The van der Waals surface area contributed by atoms with E-state index in [1.54, 1.807) is 6.92 Å². The standard InChI is InChI=1S/C12H10BrF3O3/c1-2-19-11(18)6-10(17)8-4-3-7(5-9(8)13)12(14,15)16/h3-5H,2,6H2,1H3. The summed E-state index contributed by atoms with van der Waals surface area (Å²) in [6.07, 6.45) is -4.98. The van der Waals surface area contributed by atoms with Gasteiger partial charge < -0.3 is 4.74 Å². The Bertz CT molecular complexity index is 497. The zero-order chi connectivity index (χ0) is 14.6. The predicted octanol–water partition coefficient (Wildman–Crippen LogP) is 3.60. The maximum Gasteiger partial charge on any atom is 0.416 e. The number of hydrogen-bond donors (Lipinski definition) is 0. The maximum absolute atomic E-state index is 12.4. The molecule has 0 radical (unpaired) electrons. The topological polar surface area (TPSA) is 43.4 Å². The average Bonchev–Trinajstić information content (AvgIpc) is 2.27. The highest BCUT2D eigenvalue weighted by Gasteiger charge is 2.31. The van der Waals surface area contributed by atoms with Gasteiger partial charge in [-0.1, -0.05) is 15.9 Å².